The average Bonchev–Trinajstić information content (AvgIpc) is 3.11. The molecule has 1 saturated carbocycles. The number of aliphatic imine (C=N–C) groups is 1. The molecule has 2 atom stereocenters. The van der Waals surface area contributed by atoms with Gasteiger partial charge < -0.3 is 10.6 Å². The van der Waals surface area contributed by atoms with Crippen molar-refractivity contribution in [2.45, 2.75) is 32.2 Å². The summed E-state index contributed by atoms with van der Waals surface area (Å²) >= 11 is 0. The molecule has 0 saturated heterocycles. The molecular weight excluding hydrogens is 337 g/mol. The number of guanidine groups is 1. The van der Waals surface area contributed by atoms with Gasteiger partial charge in [0.15, 0.2) is 5.96 Å². The van der Waals surface area contributed by atoms with Gasteiger partial charge in [-0.15, -0.1) is 24.0 Å². The van der Waals surface area contributed by atoms with Gasteiger partial charge >= 0.3 is 0 Å². The molecule has 2 N–H and O–H groups in total. The summed E-state index contributed by atoms with van der Waals surface area (Å²) in [7, 11) is 0. The van der Waals surface area contributed by atoms with Gasteiger partial charge in [0.05, 0.1) is 6.04 Å². The predicted octanol–water partition coefficient (Wildman–Crippen LogP) is 2.82. The van der Waals surface area contributed by atoms with Crippen LogP contribution in [0.15, 0.2) is 35.3 Å². The lowest BCUT2D eigenvalue weighted by molar-refractivity contribution is 0.458. The summed E-state index contributed by atoms with van der Waals surface area (Å²) in [6.07, 6.45) is 1.13. The average molecular weight is 359 g/mol. The van der Waals surface area contributed by atoms with Gasteiger partial charge in [-0.05, 0) is 25.8 Å². The molecule has 0 aliphatic heterocycles. The van der Waals surface area contributed by atoms with Crippen LogP contribution in [-0.4, -0.2) is 30.0 Å². The number of rotatable bonds is 4. The van der Waals surface area contributed by atoms with E-state index in [0.717, 1.165) is 19.5 Å². The van der Waals surface area contributed by atoms with E-state index in [9.17, 15) is 0 Å². The van der Waals surface area contributed by atoms with Crippen molar-refractivity contribution in [1.29, 1.82) is 0 Å². The van der Waals surface area contributed by atoms with E-state index in [1.807, 2.05) is 0 Å². The van der Waals surface area contributed by atoms with Crippen LogP contribution >= 0.6 is 24.0 Å². The Morgan fingerprint density at radius 2 is 1.89 bits per heavy atom. The molecule has 1 aromatic rings. The molecule has 1 fully saturated rings. The molecule has 1 aromatic carbocycles. The van der Waals surface area contributed by atoms with E-state index in [2.05, 4.69) is 54.1 Å². The van der Waals surface area contributed by atoms with Crippen molar-refractivity contribution in [1.82, 2.24) is 4.90 Å². The van der Waals surface area contributed by atoms with Gasteiger partial charge in [-0.3, -0.25) is 0 Å². The molecule has 0 spiro atoms. The fourth-order valence-electron chi connectivity index (χ4n) is 2.18. The summed E-state index contributed by atoms with van der Waals surface area (Å²) < 4.78 is 0. The molecule has 2 unspecified atom stereocenters. The predicted molar refractivity (Wildman–Crippen MR) is 87.5 cm³/mol. The van der Waals surface area contributed by atoms with Gasteiger partial charge in [-0.1, -0.05) is 30.3 Å². The van der Waals surface area contributed by atoms with Crippen molar-refractivity contribution in [2.75, 3.05) is 13.1 Å². The van der Waals surface area contributed by atoms with Crippen LogP contribution in [-0.2, 0) is 0 Å². The number of hydrogen-bond donors (Lipinski definition) is 1. The standard InChI is InChI=1S/C14H21N3.HI/c1-3-17(4-2)14(15)16-13-10-12(13)11-8-6-5-7-9-11;/h5-9,12-13H,3-4,10H2,1-2H3,(H2,15,16);1H. The van der Waals surface area contributed by atoms with Crippen molar-refractivity contribution >= 4 is 29.9 Å². The Morgan fingerprint density at radius 3 is 2.44 bits per heavy atom. The lowest BCUT2D eigenvalue weighted by Crippen LogP contribution is -2.37. The molecule has 18 heavy (non-hydrogen) atoms. The smallest absolute Gasteiger partial charge is 0.191 e. The zero-order valence-corrected chi connectivity index (χ0v) is 13.4. The van der Waals surface area contributed by atoms with Crippen molar-refractivity contribution < 1.29 is 0 Å². The van der Waals surface area contributed by atoms with Crippen molar-refractivity contribution in [3.63, 3.8) is 0 Å². The van der Waals surface area contributed by atoms with Crippen LogP contribution < -0.4 is 5.73 Å². The van der Waals surface area contributed by atoms with Crippen LogP contribution in [0, 0.1) is 0 Å². The maximum Gasteiger partial charge on any atom is 0.191 e. The van der Waals surface area contributed by atoms with Crippen LogP contribution in [0.1, 0.15) is 31.7 Å². The molecule has 4 heteroatoms. The summed E-state index contributed by atoms with van der Waals surface area (Å²) in [5, 5.41) is 0. The topological polar surface area (TPSA) is 41.6 Å². The highest BCUT2D eigenvalue weighted by atomic mass is 127. The maximum absolute atomic E-state index is 6.00. The Kier molecular flexibility index (Phi) is 5.91. The third-order valence-corrected chi connectivity index (χ3v) is 3.37. The minimum Gasteiger partial charge on any atom is -0.370 e. The van der Waals surface area contributed by atoms with Crippen molar-refractivity contribution in [3.05, 3.63) is 35.9 Å². The molecule has 2 rings (SSSR count). The van der Waals surface area contributed by atoms with E-state index in [0.29, 0.717) is 17.9 Å². The van der Waals surface area contributed by atoms with Crippen LogP contribution in [0.4, 0.5) is 0 Å². The molecule has 0 amide bonds. The van der Waals surface area contributed by atoms with Crippen molar-refractivity contribution in [3.8, 4) is 0 Å². The second-order valence-corrected chi connectivity index (χ2v) is 4.48. The highest BCUT2D eigenvalue weighted by molar-refractivity contribution is 14.0. The molecule has 0 bridgehead atoms. The summed E-state index contributed by atoms with van der Waals surface area (Å²) in [6, 6.07) is 11.0. The van der Waals surface area contributed by atoms with Crippen LogP contribution in [0.5, 0.6) is 0 Å². The molecule has 0 radical (unpaired) electrons. The van der Waals surface area contributed by atoms with E-state index in [1.54, 1.807) is 0 Å². The minimum atomic E-state index is 0. The molecule has 100 valence electrons. The van der Waals surface area contributed by atoms with Crippen molar-refractivity contribution in [2.24, 2.45) is 10.7 Å². The highest BCUT2D eigenvalue weighted by Crippen LogP contribution is 2.43. The Hall–Kier alpha value is -0.780. The van der Waals surface area contributed by atoms with Gasteiger partial charge in [0.1, 0.15) is 0 Å². The van der Waals surface area contributed by atoms with E-state index in [4.69, 9.17) is 5.73 Å². The number of nitrogens with two attached hydrogens (primary N) is 1. The summed E-state index contributed by atoms with van der Waals surface area (Å²) in [5.41, 5.74) is 7.38. The zero-order valence-electron chi connectivity index (χ0n) is 11.0. The number of hydrogen-bond acceptors (Lipinski definition) is 1. The molecule has 1 aliphatic carbocycles. The Bertz CT molecular complexity index is 387. The molecule has 1 aliphatic rings. The lowest BCUT2D eigenvalue weighted by Gasteiger charge is -2.19. The highest BCUT2D eigenvalue weighted by Gasteiger charge is 2.38. The third kappa shape index (κ3) is 3.60. The largest absolute Gasteiger partial charge is 0.370 e. The van der Waals surface area contributed by atoms with Crippen LogP contribution in [0.25, 0.3) is 0 Å². The maximum atomic E-state index is 6.00. The number of benzene rings is 1. The van der Waals surface area contributed by atoms with E-state index in [-0.39, 0.29) is 24.0 Å². The van der Waals surface area contributed by atoms with Gasteiger partial charge in [0.2, 0.25) is 0 Å². The van der Waals surface area contributed by atoms with E-state index in [1.165, 1.54) is 5.56 Å². The zero-order chi connectivity index (χ0) is 12.3. The number of nitrogens with zero attached hydrogens (tertiary/aromatic N) is 2. The van der Waals surface area contributed by atoms with Gasteiger partial charge in [-0.2, -0.15) is 0 Å². The molecule has 3 nitrogen and oxygen atoms in total. The van der Waals surface area contributed by atoms with E-state index < -0.39 is 0 Å². The first-order valence-corrected chi connectivity index (χ1v) is 6.39. The normalized spacial score (nSPS) is 22.2. The van der Waals surface area contributed by atoms with Gasteiger partial charge in [-0.25, -0.2) is 4.99 Å². The fourth-order valence-corrected chi connectivity index (χ4v) is 2.18. The SMILES string of the molecule is CCN(CC)C(N)=NC1CC1c1ccccc1.I. The lowest BCUT2D eigenvalue weighted by atomic mass is 10.1. The summed E-state index contributed by atoms with van der Waals surface area (Å²) in [4.78, 5) is 6.71. The van der Waals surface area contributed by atoms with Gasteiger partial charge in [0, 0.05) is 19.0 Å². The first-order valence-electron chi connectivity index (χ1n) is 6.39. The second-order valence-electron chi connectivity index (χ2n) is 4.48. The van der Waals surface area contributed by atoms with E-state index >= 15 is 0 Å². The fraction of sp³-hybridized carbons (Fsp3) is 0.500. The van der Waals surface area contributed by atoms with Crippen LogP contribution in [0.3, 0.4) is 0 Å². The van der Waals surface area contributed by atoms with Gasteiger partial charge in [0.25, 0.3) is 0 Å². The minimum absolute atomic E-state index is 0. The summed E-state index contributed by atoms with van der Waals surface area (Å²) in [6.45, 7) is 6.06. The quantitative estimate of drug-likeness (QED) is 0.510. The second kappa shape index (κ2) is 6.97. The first-order chi connectivity index (χ1) is 8.26. The first kappa shape index (κ1) is 15.3. The number of halogens is 1. The molecular formula is C14H22IN3. The monoisotopic (exact) mass is 359 g/mol. The molecule has 0 aromatic heterocycles. The van der Waals surface area contributed by atoms with Crippen LogP contribution in [0.2, 0.25) is 0 Å². The summed E-state index contributed by atoms with van der Waals surface area (Å²) in [5.74, 6) is 1.27. The Morgan fingerprint density at radius 1 is 1.28 bits per heavy atom. The third-order valence-electron chi connectivity index (χ3n) is 3.37. The Balaban J connectivity index is 0.00000162. The Labute approximate surface area is 126 Å². The molecule has 0 heterocycles.